The second-order valence-electron chi connectivity index (χ2n) is 6.96. The van der Waals surface area contributed by atoms with E-state index >= 15 is 0 Å². The van der Waals surface area contributed by atoms with Gasteiger partial charge in [-0.2, -0.15) is 0 Å². The molecule has 11 heteroatoms. The molecule has 1 aromatic carbocycles. The van der Waals surface area contributed by atoms with Crippen LogP contribution in [-0.4, -0.2) is 81.3 Å². The maximum Gasteiger partial charge on any atom is 0.410 e. The predicted octanol–water partition coefficient (Wildman–Crippen LogP) is 1.34. The Morgan fingerprint density at radius 1 is 1.24 bits per heavy atom. The van der Waals surface area contributed by atoms with Gasteiger partial charge in [0.2, 0.25) is 0 Å². The summed E-state index contributed by atoms with van der Waals surface area (Å²) in [6.45, 7) is 0.656. The lowest BCUT2D eigenvalue weighted by Crippen LogP contribution is -2.52. The summed E-state index contributed by atoms with van der Waals surface area (Å²) in [5.41, 5.74) is 0.213. The molecule has 29 heavy (non-hydrogen) atoms. The normalized spacial score (nSPS) is 20.5. The molecule has 0 radical (unpaired) electrons. The van der Waals surface area contributed by atoms with Crippen molar-refractivity contribution < 1.29 is 32.3 Å². The first kappa shape index (κ1) is 21.4. The molecule has 2 aliphatic heterocycles. The second-order valence-corrected chi connectivity index (χ2v) is 9.38. The Balaban J connectivity index is 1.68. The number of ether oxygens (including phenoxy) is 2. The Bertz CT molecular complexity index is 942. The molecule has 1 atom stereocenters. The highest BCUT2D eigenvalue weighted by molar-refractivity contribution is 7.90. The van der Waals surface area contributed by atoms with Crippen LogP contribution in [-0.2, 0) is 24.1 Å². The van der Waals surface area contributed by atoms with Crippen LogP contribution in [0.25, 0.3) is 0 Å². The number of nitrogens with zero attached hydrogens (tertiary/aromatic N) is 2. The average Bonchev–Trinajstić information content (AvgIpc) is 3.07. The molecule has 3 rings (SSSR count). The molecule has 2 saturated heterocycles. The van der Waals surface area contributed by atoms with Crippen molar-refractivity contribution >= 4 is 39.4 Å². The molecule has 0 aromatic heterocycles. The molecule has 2 fully saturated rings. The number of cyclic esters (lactones) is 1. The SMILES string of the molecule is COC(=O)[C@@H]1COC(=O)N1C1CCN(C(=O)c2ccc(S(C)(=O)=O)cc2Cl)CC1. The highest BCUT2D eigenvalue weighted by Crippen LogP contribution is 2.27. The van der Waals surface area contributed by atoms with Gasteiger partial charge in [0.05, 0.1) is 22.6 Å². The minimum absolute atomic E-state index is 0.0409. The Morgan fingerprint density at radius 2 is 1.90 bits per heavy atom. The molecular weight excluding hydrogens is 424 g/mol. The van der Waals surface area contributed by atoms with Gasteiger partial charge in [-0.15, -0.1) is 0 Å². The van der Waals surface area contributed by atoms with Crippen LogP contribution in [0.15, 0.2) is 23.1 Å². The van der Waals surface area contributed by atoms with Crippen LogP contribution in [0.1, 0.15) is 23.2 Å². The number of carbonyl (C=O) groups is 3. The van der Waals surface area contributed by atoms with Crippen LogP contribution >= 0.6 is 11.6 Å². The second kappa shape index (κ2) is 8.19. The first-order chi connectivity index (χ1) is 13.6. The topological polar surface area (TPSA) is 110 Å². The predicted molar refractivity (Wildman–Crippen MR) is 102 cm³/mol. The van der Waals surface area contributed by atoms with E-state index in [0.717, 1.165) is 6.26 Å². The highest BCUT2D eigenvalue weighted by Gasteiger charge is 2.44. The summed E-state index contributed by atoms with van der Waals surface area (Å²) in [6.07, 6.45) is 1.43. The molecule has 1 aromatic rings. The summed E-state index contributed by atoms with van der Waals surface area (Å²) in [5.74, 6) is -0.853. The highest BCUT2D eigenvalue weighted by atomic mass is 35.5. The first-order valence-electron chi connectivity index (χ1n) is 8.95. The summed E-state index contributed by atoms with van der Waals surface area (Å²) >= 11 is 6.14. The number of likely N-dealkylation sites (tertiary alicyclic amines) is 1. The van der Waals surface area contributed by atoms with Crippen molar-refractivity contribution in [2.24, 2.45) is 0 Å². The summed E-state index contributed by atoms with van der Waals surface area (Å²) < 4.78 is 33.0. The summed E-state index contributed by atoms with van der Waals surface area (Å²) in [4.78, 5) is 39.8. The van der Waals surface area contributed by atoms with E-state index < -0.39 is 27.9 Å². The van der Waals surface area contributed by atoms with Gasteiger partial charge in [-0.25, -0.2) is 18.0 Å². The lowest BCUT2D eigenvalue weighted by Gasteiger charge is -2.37. The molecule has 0 bridgehead atoms. The fourth-order valence-electron chi connectivity index (χ4n) is 3.57. The zero-order valence-electron chi connectivity index (χ0n) is 16.0. The Morgan fingerprint density at radius 3 is 2.45 bits per heavy atom. The maximum absolute atomic E-state index is 12.8. The number of benzene rings is 1. The molecule has 0 unspecified atom stereocenters. The Kier molecular flexibility index (Phi) is 6.04. The number of halogens is 1. The minimum atomic E-state index is -3.43. The molecule has 0 spiro atoms. The number of amides is 2. The van der Waals surface area contributed by atoms with E-state index in [1.165, 1.54) is 30.2 Å². The average molecular weight is 445 g/mol. The number of sulfone groups is 1. The van der Waals surface area contributed by atoms with Gasteiger partial charge >= 0.3 is 12.1 Å². The molecule has 9 nitrogen and oxygen atoms in total. The number of esters is 1. The zero-order valence-corrected chi connectivity index (χ0v) is 17.5. The minimum Gasteiger partial charge on any atom is -0.467 e. The maximum atomic E-state index is 12.8. The van der Waals surface area contributed by atoms with Crippen LogP contribution in [0, 0.1) is 0 Å². The van der Waals surface area contributed by atoms with E-state index in [9.17, 15) is 22.8 Å². The molecule has 158 valence electrons. The molecule has 2 amide bonds. The zero-order chi connectivity index (χ0) is 21.3. The van der Waals surface area contributed by atoms with Crippen LogP contribution in [0.2, 0.25) is 5.02 Å². The third-order valence-electron chi connectivity index (χ3n) is 5.13. The van der Waals surface area contributed by atoms with Crippen molar-refractivity contribution in [3.05, 3.63) is 28.8 Å². The smallest absolute Gasteiger partial charge is 0.410 e. The summed E-state index contributed by atoms with van der Waals surface area (Å²) in [6, 6.07) is 2.98. The lowest BCUT2D eigenvalue weighted by molar-refractivity contribution is -0.145. The number of carbonyl (C=O) groups excluding carboxylic acids is 3. The largest absolute Gasteiger partial charge is 0.467 e. The van der Waals surface area contributed by atoms with E-state index in [1.54, 1.807) is 4.90 Å². The lowest BCUT2D eigenvalue weighted by atomic mass is 10.0. The summed E-state index contributed by atoms with van der Waals surface area (Å²) in [7, 11) is -2.17. The van der Waals surface area contributed by atoms with Gasteiger partial charge in [-0.3, -0.25) is 9.69 Å². The van der Waals surface area contributed by atoms with Crippen LogP contribution < -0.4 is 0 Å². The van der Waals surface area contributed by atoms with E-state index in [-0.39, 0.29) is 34.0 Å². The fraction of sp³-hybridized carbons (Fsp3) is 0.500. The third-order valence-corrected chi connectivity index (χ3v) is 6.55. The van der Waals surface area contributed by atoms with Crippen LogP contribution in [0.5, 0.6) is 0 Å². The van der Waals surface area contributed by atoms with Crippen molar-refractivity contribution in [2.45, 2.75) is 29.8 Å². The van der Waals surface area contributed by atoms with Gasteiger partial charge in [0.15, 0.2) is 15.9 Å². The van der Waals surface area contributed by atoms with Gasteiger partial charge in [0.1, 0.15) is 6.61 Å². The van der Waals surface area contributed by atoms with Crippen LogP contribution in [0.4, 0.5) is 4.79 Å². The van der Waals surface area contributed by atoms with Gasteiger partial charge < -0.3 is 14.4 Å². The molecule has 0 aliphatic carbocycles. The molecular formula is C18H21ClN2O7S. The molecule has 0 saturated carbocycles. The first-order valence-corrected chi connectivity index (χ1v) is 11.2. The van der Waals surface area contributed by atoms with Gasteiger partial charge in [0.25, 0.3) is 5.91 Å². The van der Waals surface area contributed by atoms with Crippen LogP contribution in [0.3, 0.4) is 0 Å². The number of piperidine rings is 1. The molecule has 2 heterocycles. The van der Waals surface area contributed by atoms with E-state index in [1.807, 2.05) is 0 Å². The number of methoxy groups -OCH3 is 1. The Hall–Kier alpha value is -2.33. The van der Waals surface area contributed by atoms with E-state index in [4.69, 9.17) is 21.1 Å². The standard InChI is InChI=1S/C18H21ClN2O7S/c1-27-17(23)15-10-28-18(24)21(15)11-5-7-20(8-6-11)16(22)13-4-3-12(9-14(13)19)29(2,25)26/h3-4,9,11,15H,5-8,10H2,1-2H3/t15-/m0/s1. The number of hydrogen-bond acceptors (Lipinski definition) is 7. The van der Waals surface area contributed by atoms with Crippen molar-refractivity contribution in [1.82, 2.24) is 9.80 Å². The van der Waals surface area contributed by atoms with Gasteiger partial charge in [-0.05, 0) is 31.0 Å². The van der Waals surface area contributed by atoms with Crippen molar-refractivity contribution in [2.75, 3.05) is 33.1 Å². The Labute approximate surface area is 173 Å². The van der Waals surface area contributed by atoms with Crippen molar-refractivity contribution in [3.63, 3.8) is 0 Å². The number of rotatable bonds is 4. The van der Waals surface area contributed by atoms with Crippen molar-refractivity contribution in [1.29, 1.82) is 0 Å². The third kappa shape index (κ3) is 4.32. The summed E-state index contributed by atoms with van der Waals surface area (Å²) in [5, 5.41) is 0.0638. The quantitative estimate of drug-likeness (QED) is 0.644. The fourth-order valence-corrected chi connectivity index (χ4v) is 4.54. The number of hydrogen-bond donors (Lipinski definition) is 0. The van der Waals surface area contributed by atoms with E-state index in [2.05, 4.69) is 0 Å². The monoisotopic (exact) mass is 444 g/mol. The van der Waals surface area contributed by atoms with E-state index in [0.29, 0.717) is 25.9 Å². The molecule has 0 N–H and O–H groups in total. The van der Waals surface area contributed by atoms with Gasteiger partial charge in [0, 0.05) is 25.4 Å². The van der Waals surface area contributed by atoms with Crippen molar-refractivity contribution in [3.8, 4) is 0 Å². The van der Waals surface area contributed by atoms with Gasteiger partial charge in [-0.1, -0.05) is 11.6 Å². The molecule has 2 aliphatic rings.